The number of nitrogens with zero attached hydrogens (tertiary/aromatic N) is 1. The van der Waals surface area contributed by atoms with Crippen LogP contribution in [0.1, 0.15) is 28.5 Å². The fraction of sp³-hybridized carbons (Fsp3) is 0.217. The van der Waals surface area contributed by atoms with Gasteiger partial charge in [0.25, 0.3) is 5.91 Å². The van der Waals surface area contributed by atoms with Gasteiger partial charge in [-0.2, -0.15) is 0 Å². The molecule has 2 heterocycles. The van der Waals surface area contributed by atoms with Crippen LogP contribution in [-0.2, 0) is 16.0 Å². The largest absolute Gasteiger partial charge is 0.497 e. The molecule has 6 nitrogen and oxygen atoms in total. The Bertz CT molecular complexity index is 1150. The average molecular weight is 425 g/mol. The van der Waals surface area contributed by atoms with E-state index in [4.69, 9.17) is 21.1 Å². The monoisotopic (exact) mass is 424 g/mol. The summed E-state index contributed by atoms with van der Waals surface area (Å²) >= 11 is 5.94. The van der Waals surface area contributed by atoms with Gasteiger partial charge in [0.15, 0.2) is 0 Å². The standard InChI is InChI=1S/C23H21ClN2O4/c1-3-30-23(28)19-13-26(22(27)14-4-6-15(24)7-5-14)11-10-17-18-12-16(29-2)8-9-20(18)25-21(17)19/h4-9,12-13,25H,3,10-11H2,1-2H3. The van der Waals surface area contributed by atoms with Gasteiger partial charge in [-0.15, -0.1) is 0 Å². The first kappa shape index (κ1) is 20.0. The quantitative estimate of drug-likeness (QED) is 0.629. The molecule has 0 fully saturated rings. The third-order valence-corrected chi connectivity index (χ3v) is 5.37. The maximum absolute atomic E-state index is 13.1. The molecule has 0 atom stereocenters. The molecule has 3 aromatic rings. The maximum Gasteiger partial charge on any atom is 0.341 e. The van der Waals surface area contributed by atoms with Crippen molar-refractivity contribution in [1.82, 2.24) is 9.88 Å². The van der Waals surface area contributed by atoms with Crippen molar-refractivity contribution in [1.29, 1.82) is 0 Å². The first-order valence-corrected chi connectivity index (χ1v) is 10.0. The van der Waals surface area contributed by atoms with Crippen molar-refractivity contribution in [3.8, 4) is 5.75 Å². The lowest BCUT2D eigenvalue weighted by Gasteiger charge is -2.18. The van der Waals surface area contributed by atoms with E-state index in [2.05, 4.69) is 4.98 Å². The molecule has 1 aromatic heterocycles. The average Bonchev–Trinajstić information content (AvgIpc) is 3.00. The highest BCUT2D eigenvalue weighted by atomic mass is 35.5. The number of hydrogen-bond donors (Lipinski definition) is 1. The summed E-state index contributed by atoms with van der Waals surface area (Å²) in [7, 11) is 1.61. The number of H-pyrrole nitrogens is 1. The van der Waals surface area contributed by atoms with Crippen molar-refractivity contribution in [3.05, 3.63) is 70.5 Å². The summed E-state index contributed by atoms with van der Waals surface area (Å²) in [6, 6.07) is 12.4. The molecule has 154 valence electrons. The minimum Gasteiger partial charge on any atom is -0.497 e. The van der Waals surface area contributed by atoms with E-state index in [1.165, 1.54) is 0 Å². The molecule has 1 aliphatic rings. The lowest BCUT2D eigenvalue weighted by molar-refractivity contribution is -0.136. The van der Waals surface area contributed by atoms with E-state index in [0.717, 1.165) is 22.2 Å². The molecule has 1 N–H and O–H groups in total. The van der Waals surface area contributed by atoms with Gasteiger partial charge in [-0.3, -0.25) is 4.79 Å². The number of carbonyl (C=O) groups is 2. The highest BCUT2D eigenvalue weighted by molar-refractivity contribution is 6.30. The van der Waals surface area contributed by atoms with E-state index < -0.39 is 5.97 Å². The first-order valence-electron chi connectivity index (χ1n) is 9.66. The molecule has 0 saturated carbocycles. The lowest BCUT2D eigenvalue weighted by Crippen LogP contribution is -2.28. The Morgan fingerprint density at radius 1 is 1.17 bits per heavy atom. The predicted molar refractivity (Wildman–Crippen MR) is 116 cm³/mol. The molecule has 30 heavy (non-hydrogen) atoms. The van der Waals surface area contributed by atoms with Crippen LogP contribution in [0, 0.1) is 0 Å². The fourth-order valence-electron chi connectivity index (χ4n) is 3.64. The Labute approximate surface area is 179 Å². The summed E-state index contributed by atoms with van der Waals surface area (Å²) in [5.74, 6) is 0.0397. The van der Waals surface area contributed by atoms with Crippen LogP contribution in [0.4, 0.5) is 0 Å². The molecule has 1 aliphatic heterocycles. The minimum absolute atomic E-state index is 0.208. The van der Waals surface area contributed by atoms with E-state index in [9.17, 15) is 9.59 Å². The highest BCUT2D eigenvalue weighted by Crippen LogP contribution is 2.33. The summed E-state index contributed by atoms with van der Waals surface area (Å²) in [6.07, 6.45) is 2.15. The topological polar surface area (TPSA) is 71.6 Å². The van der Waals surface area contributed by atoms with Gasteiger partial charge in [0.1, 0.15) is 5.75 Å². The molecule has 0 radical (unpaired) electrons. The third kappa shape index (κ3) is 3.66. The van der Waals surface area contributed by atoms with Crippen molar-refractivity contribution in [2.24, 2.45) is 0 Å². The first-order chi connectivity index (χ1) is 14.5. The van der Waals surface area contributed by atoms with Crippen molar-refractivity contribution in [2.75, 3.05) is 20.3 Å². The van der Waals surface area contributed by atoms with E-state index in [-0.39, 0.29) is 12.5 Å². The zero-order valence-electron chi connectivity index (χ0n) is 16.7. The summed E-state index contributed by atoms with van der Waals surface area (Å²) in [5, 5.41) is 1.51. The van der Waals surface area contributed by atoms with Crippen LogP contribution in [0.2, 0.25) is 5.02 Å². The number of nitrogens with one attached hydrogen (secondary N) is 1. The van der Waals surface area contributed by atoms with E-state index in [1.54, 1.807) is 49.4 Å². The number of benzene rings is 2. The van der Waals surface area contributed by atoms with E-state index in [1.807, 2.05) is 18.2 Å². The van der Waals surface area contributed by atoms with Gasteiger partial charge in [0.2, 0.25) is 0 Å². The molecule has 0 bridgehead atoms. The predicted octanol–water partition coefficient (Wildman–Crippen LogP) is 4.43. The summed E-state index contributed by atoms with van der Waals surface area (Å²) < 4.78 is 10.6. The number of amides is 1. The minimum atomic E-state index is -0.479. The Hall–Kier alpha value is -3.25. The van der Waals surface area contributed by atoms with Crippen molar-refractivity contribution in [2.45, 2.75) is 13.3 Å². The van der Waals surface area contributed by atoms with Crippen LogP contribution in [0.15, 0.2) is 48.7 Å². The summed E-state index contributed by atoms with van der Waals surface area (Å²) in [6.45, 7) is 2.41. The number of halogens is 1. The van der Waals surface area contributed by atoms with Gasteiger partial charge in [0.05, 0.1) is 25.0 Å². The highest BCUT2D eigenvalue weighted by Gasteiger charge is 2.27. The van der Waals surface area contributed by atoms with Gasteiger partial charge in [-0.25, -0.2) is 4.79 Å². The number of carbonyl (C=O) groups excluding carboxylic acids is 2. The summed E-state index contributed by atoms with van der Waals surface area (Å²) in [4.78, 5) is 30.7. The Morgan fingerprint density at radius 3 is 2.63 bits per heavy atom. The van der Waals surface area contributed by atoms with Gasteiger partial charge >= 0.3 is 5.97 Å². The third-order valence-electron chi connectivity index (χ3n) is 5.12. The zero-order chi connectivity index (χ0) is 21.3. The van der Waals surface area contributed by atoms with E-state index >= 15 is 0 Å². The lowest BCUT2D eigenvalue weighted by atomic mass is 10.0. The number of methoxy groups -OCH3 is 1. The normalized spacial score (nSPS) is 13.4. The number of esters is 1. The van der Waals surface area contributed by atoms with Crippen molar-refractivity contribution in [3.63, 3.8) is 0 Å². The number of hydrogen-bond acceptors (Lipinski definition) is 4. The molecule has 0 aliphatic carbocycles. The van der Waals surface area contributed by atoms with Gasteiger partial charge in [-0.1, -0.05) is 11.6 Å². The number of aromatic amines is 1. The summed E-state index contributed by atoms with van der Waals surface area (Å²) in [5.41, 5.74) is 3.34. The maximum atomic E-state index is 13.1. The van der Waals surface area contributed by atoms with Gasteiger partial charge < -0.3 is 19.4 Å². The zero-order valence-corrected chi connectivity index (χ0v) is 17.5. The van der Waals surface area contributed by atoms with Crippen LogP contribution in [0.3, 0.4) is 0 Å². The fourth-order valence-corrected chi connectivity index (χ4v) is 3.77. The number of aromatic nitrogens is 1. The number of ether oxygens (including phenoxy) is 2. The number of fused-ring (bicyclic) bond motifs is 3. The van der Waals surface area contributed by atoms with Crippen molar-refractivity contribution >= 4 is 40.0 Å². The number of rotatable bonds is 4. The molecule has 4 rings (SSSR count). The molecule has 2 aromatic carbocycles. The van der Waals surface area contributed by atoms with Gasteiger partial charge in [-0.05, 0) is 61.4 Å². The molecule has 7 heteroatoms. The smallest absolute Gasteiger partial charge is 0.341 e. The van der Waals surface area contributed by atoms with Crippen LogP contribution in [-0.4, -0.2) is 42.0 Å². The van der Waals surface area contributed by atoms with Crippen LogP contribution >= 0.6 is 11.6 Å². The molecular formula is C23H21ClN2O4. The molecule has 0 spiro atoms. The van der Waals surface area contributed by atoms with Crippen molar-refractivity contribution < 1.29 is 19.1 Å². The Morgan fingerprint density at radius 2 is 1.93 bits per heavy atom. The van der Waals surface area contributed by atoms with Crippen LogP contribution in [0.5, 0.6) is 5.75 Å². The molecule has 0 saturated heterocycles. The molecule has 0 unspecified atom stereocenters. The molecular weight excluding hydrogens is 404 g/mol. The second-order valence-electron chi connectivity index (χ2n) is 6.91. The second kappa shape index (κ2) is 8.24. The Balaban J connectivity index is 1.80. The molecule has 1 amide bonds. The van der Waals surface area contributed by atoms with Crippen LogP contribution < -0.4 is 4.74 Å². The Kier molecular flexibility index (Phi) is 5.50. The van der Waals surface area contributed by atoms with E-state index in [0.29, 0.717) is 34.8 Å². The SMILES string of the molecule is CCOC(=O)C1=CN(C(=O)c2ccc(Cl)cc2)CCc2c1[nH]c1ccc(OC)cc21. The van der Waals surface area contributed by atoms with Gasteiger partial charge in [0, 0.05) is 34.2 Å². The van der Waals surface area contributed by atoms with Crippen LogP contribution in [0.25, 0.3) is 16.5 Å². The second-order valence-corrected chi connectivity index (χ2v) is 7.35.